The van der Waals surface area contributed by atoms with E-state index in [1.807, 2.05) is 78.9 Å². The van der Waals surface area contributed by atoms with Crippen molar-refractivity contribution in [3.63, 3.8) is 0 Å². The van der Waals surface area contributed by atoms with Crippen molar-refractivity contribution in [2.24, 2.45) is 0 Å². The maximum atomic E-state index is 13.2. The highest BCUT2D eigenvalue weighted by Gasteiger charge is 2.33. The second-order valence-corrected chi connectivity index (χ2v) is 5.88. The highest BCUT2D eigenvalue weighted by molar-refractivity contribution is 6.12. The van der Waals surface area contributed by atoms with Gasteiger partial charge in [0.05, 0.1) is 12.7 Å². The van der Waals surface area contributed by atoms with Crippen molar-refractivity contribution < 1.29 is 9.53 Å². The molecule has 4 nitrogen and oxygen atoms in total. The van der Waals surface area contributed by atoms with E-state index in [0.717, 1.165) is 22.7 Å². The molecule has 0 bridgehead atoms. The molecule has 0 saturated carbocycles. The minimum atomic E-state index is -0.267. The van der Waals surface area contributed by atoms with Crippen LogP contribution in [0.25, 0.3) is 0 Å². The average Bonchev–Trinajstić information content (AvgIpc) is 2.69. The first-order valence-corrected chi connectivity index (χ1v) is 8.16. The van der Waals surface area contributed by atoms with Crippen LogP contribution in [0.4, 0.5) is 11.4 Å². The summed E-state index contributed by atoms with van der Waals surface area (Å²) >= 11 is 0. The van der Waals surface area contributed by atoms with Gasteiger partial charge in [-0.3, -0.25) is 9.69 Å². The summed E-state index contributed by atoms with van der Waals surface area (Å²) in [5.41, 5.74) is 3.37. The summed E-state index contributed by atoms with van der Waals surface area (Å²) in [5.74, 6) is 0.742. The molecule has 25 heavy (non-hydrogen) atoms. The van der Waals surface area contributed by atoms with Crippen LogP contribution >= 0.6 is 0 Å². The Kier molecular flexibility index (Phi) is 3.86. The van der Waals surface area contributed by atoms with Gasteiger partial charge in [-0.05, 0) is 42.0 Å². The molecule has 0 aromatic heterocycles. The molecule has 1 unspecified atom stereocenters. The van der Waals surface area contributed by atoms with Gasteiger partial charge in [-0.2, -0.15) is 0 Å². The minimum Gasteiger partial charge on any atom is -0.497 e. The molecular formula is C21H18N2O2. The molecule has 0 saturated heterocycles. The molecule has 0 spiro atoms. The zero-order valence-corrected chi connectivity index (χ0v) is 13.8. The van der Waals surface area contributed by atoms with Crippen molar-refractivity contribution in [3.05, 3.63) is 90.0 Å². The fourth-order valence-corrected chi connectivity index (χ4v) is 3.13. The Labute approximate surface area is 146 Å². The molecule has 3 aromatic carbocycles. The zero-order chi connectivity index (χ0) is 17.2. The summed E-state index contributed by atoms with van der Waals surface area (Å²) in [6.45, 7) is 0. The summed E-state index contributed by atoms with van der Waals surface area (Å²) in [5, 5.41) is 3.49. The molecule has 1 atom stereocenters. The van der Waals surface area contributed by atoms with Gasteiger partial charge < -0.3 is 10.1 Å². The summed E-state index contributed by atoms with van der Waals surface area (Å²) < 4.78 is 5.23. The lowest BCUT2D eigenvalue weighted by atomic mass is 10.0. The van der Waals surface area contributed by atoms with Gasteiger partial charge in [0.2, 0.25) is 0 Å². The van der Waals surface area contributed by atoms with E-state index in [4.69, 9.17) is 4.74 Å². The Morgan fingerprint density at radius 3 is 2.28 bits per heavy atom. The third kappa shape index (κ3) is 2.72. The summed E-state index contributed by atoms with van der Waals surface area (Å²) in [6, 6.07) is 25.1. The first-order valence-electron chi connectivity index (χ1n) is 8.16. The topological polar surface area (TPSA) is 41.6 Å². The number of fused-ring (bicyclic) bond motifs is 1. The number of carbonyl (C=O) groups excluding carboxylic acids is 1. The van der Waals surface area contributed by atoms with E-state index in [9.17, 15) is 4.79 Å². The maximum absolute atomic E-state index is 13.2. The maximum Gasteiger partial charge on any atom is 0.262 e. The lowest BCUT2D eigenvalue weighted by molar-refractivity contribution is 0.0975. The SMILES string of the molecule is COc1ccc(N2C(=O)c3ccccc3NC2c2ccccc2)cc1. The van der Waals surface area contributed by atoms with Gasteiger partial charge in [0.15, 0.2) is 0 Å². The van der Waals surface area contributed by atoms with Crippen LogP contribution in [0.1, 0.15) is 22.1 Å². The highest BCUT2D eigenvalue weighted by Crippen LogP contribution is 2.36. The van der Waals surface area contributed by atoms with E-state index in [1.165, 1.54) is 0 Å². The smallest absolute Gasteiger partial charge is 0.262 e. The number of methoxy groups -OCH3 is 1. The molecule has 3 aromatic rings. The third-order valence-corrected chi connectivity index (χ3v) is 4.39. The van der Waals surface area contributed by atoms with Crippen LogP contribution in [0.15, 0.2) is 78.9 Å². The van der Waals surface area contributed by atoms with E-state index in [1.54, 1.807) is 12.0 Å². The van der Waals surface area contributed by atoms with E-state index < -0.39 is 0 Å². The molecule has 0 aliphatic carbocycles. The number of carbonyl (C=O) groups is 1. The van der Waals surface area contributed by atoms with Crippen LogP contribution in [0, 0.1) is 0 Å². The molecule has 1 heterocycles. The molecule has 1 aliphatic heterocycles. The first kappa shape index (κ1) is 15.3. The summed E-state index contributed by atoms with van der Waals surface area (Å²) in [7, 11) is 1.63. The Hall–Kier alpha value is -3.27. The number of rotatable bonds is 3. The van der Waals surface area contributed by atoms with E-state index in [2.05, 4.69) is 5.32 Å². The Bertz CT molecular complexity index is 891. The van der Waals surface area contributed by atoms with Crippen LogP contribution < -0.4 is 15.0 Å². The standard InChI is InChI=1S/C21H18N2O2/c1-25-17-13-11-16(12-14-17)23-20(15-7-3-2-4-8-15)22-19-10-6-5-9-18(19)21(23)24/h2-14,20,22H,1H3. The highest BCUT2D eigenvalue weighted by atomic mass is 16.5. The van der Waals surface area contributed by atoms with Gasteiger partial charge in [-0.15, -0.1) is 0 Å². The summed E-state index contributed by atoms with van der Waals surface area (Å²) in [4.78, 5) is 15.0. The van der Waals surface area contributed by atoms with Crippen molar-refractivity contribution in [2.45, 2.75) is 6.17 Å². The normalized spacial score (nSPS) is 16.1. The monoisotopic (exact) mass is 330 g/mol. The molecule has 124 valence electrons. The summed E-state index contributed by atoms with van der Waals surface area (Å²) in [6.07, 6.45) is -0.267. The van der Waals surface area contributed by atoms with E-state index in [-0.39, 0.29) is 12.1 Å². The lowest BCUT2D eigenvalue weighted by Gasteiger charge is -2.38. The molecule has 4 rings (SSSR count). The van der Waals surface area contributed by atoms with Gasteiger partial charge in [-0.25, -0.2) is 0 Å². The van der Waals surface area contributed by atoms with E-state index in [0.29, 0.717) is 5.56 Å². The van der Waals surface area contributed by atoms with Crippen molar-refractivity contribution in [2.75, 3.05) is 17.3 Å². The average molecular weight is 330 g/mol. The van der Waals surface area contributed by atoms with Gasteiger partial charge in [0.25, 0.3) is 5.91 Å². The van der Waals surface area contributed by atoms with E-state index >= 15 is 0 Å². The largest absolute Gasteiger partial charge is 0.497 e. The third-order valence-electron chi connectivity index (χ3n) is 4.39. The predicted octanol–water partition coefficient (Wildman–Crippen LogP) is 4.47. The van der Waals surface area contributed by atoms with Crippen LogP contribution in [0.5, 0.6) is 5.75 Å². The number of benzene rings is 3. The predicted molar refractivity (Wildman–Crippen MR) is 99.1 cm³/mol. The molecule has 4 heteroatoms. The number of ether oxygens (including phenoxy) is 1. The molecular weight excluding hydrogens is 312 g/mol. The van der Waals surface area contributed by atoms with Crippen molar-refractivity contribution >= 4 is 17.3 Å². The zero-order valence-electron chi connectivity index (χ0n) is 13.8. The molecule has 1 aliphatic rings. The number of hydrogen-bond acceptors (Lipinski definition) is 3. The molecule has 0 radical (unpaired) electrons. The van der Waals surface area contributed by atoms with Crippen LogP contribution in [-0.2, 0) is 0 Å². The lowest BCUT2D eigenvalue weighted by Crippen LogP contribution is -2.43. The number of anilines is 2. The Morgan fingerprint density at radius 2 is 1.56 bits per heavy atom. The number of nitrogens with zero attached hydrogens (tertiary/aromatic N) is 1. The molecule has 1 amide bonds. The van der Waals surface area contributed by atoms with Crippen LogP contribution in [0.3, 0.4) is 0 Å². The number of nitrogens with one attached hydrogen (secondary N) is 1. The van der Waals surface area contributed by atoms with Gasteiger partial charge >= 0.3 is 0 Å². The van der Waals surface area contributed by atoms with Gasteiger partial charge in [0, 0.05) is 11.4 Å². The second-order valence-electron chi connectivity index (χ2n) is 5.88. The van der Waals surface area contributed by atoms with Gasteiger partial charge in [0.1, 0.15) is 11.9 Å². The van der Waals surface area contributed by atoms with Crippen molar-refractivity contribution in [3.8, 4) is 5.75 Å². The van der Waals surface area contributed by atoms with Crippen LogP contribution in [0.2, 0.25) is 0 Å². The van der Waals surface area contributed by atoms with Crippen molar-refractivity contribution in [1.82, 2.24) is 0 Å². The number of hydrogen-bond donors (Lipinski definition) is 1. The van der Waals surface area contributed by atoms with Crippen LogP contribution in [-0.4, -0.2) is 13.0 Å². The minimum absolute atomic E-state index is 0.0200. The molecule has 0 fully saturated rings. The van der Waals surface area contributed by atoms with Gasteiger partial charge in [-0.1, -0.05) is 42.5 Å². The number of para-hydroxylation sites is 1. The molecule has 1 N–H and O–H groups in total. The Balaban J connectivity index is 1.83. The quantitative estimate of drug-likeness (QED) is 0.770. The fraction of sp³-hybridized carbons (Fsp3) is 0.0952. The second kappa shape index (κ2) is 6.32. The first-order chi connectivity index (χ1) is 12.3. The van der Waals surface area contributed by atoms with Crippen molar-refractivity contribution in [1.29, 1.82) is 0 Å². The Morgan fingerprint density at radius 1 is 0.880 bits per heavy atom. The number of amides is 1. The fourth-order valence-electron chi connectivity index (χ4n) is 3.13.